The first-order valence-corrected chi connectivity index (χ1v) is 11.9. The van der Waals surface area contributed by atoms with Crippen LogP contribution < -0.4 is 39.4 Å². The maximum Gasteiger partial charge on any atom is 1.00 e. The van der Waals surface area contributed by atoms with Crippen molar-refractivity contribution in [3.63, 3.8) is 0 Å². The fraction of sp³-hybridized carbons (Fsp3) is 0.478. The summed E-state index contributed by atoms with van der Waals surface area (Å²) in [6, 6.07) is 11.0. The normalized spacial score (nSPS) is 11.1. The van der Waals surface area contributed by atoms with Crippen LogP contribution in [0.4, 0.5) is 0 Å². The maximum absolute atomic E-state index is 12.1. The molecule has 0 aromatic heterocycles. The predicted molar refractivity (Wildman–Crippen MR) is 113 cm³/mol. The number of rotatable bonds is 13. The Labute approximate surface area is 202 Å². The molecule has 0 aliphatic heterocycles. The number of hydrogen-bond donors (Lipinski definition) is 1. The second-order valence-electron chi connectivity index (χ2n) is 7.38. The Bertz CT molecular complexity index is 853. The van der Waals surface area contributed by atoms with Gasteiger partial charge in [0.1, 0.15) is 16.4 Å². The van der Waals surface area contributed by atoms with Crippen molar-refractivity contribution in [3.8, 4) is 17.2 Å². The summed E-state index contributed by atoms with van der Waals surface area (Å²) < 4.78 is 39.4. The van der Waals surface area contributed by atoms with Crippen LogP contribution in [0.1, 0.15) is 70.3 Å². The number of aryl methyl sites for hydroxylation is 1. The van der Waals surface area contributed by atoms with Crippen LogP contribution in [-0.4, -0.2) is 13.0 Å². The van der Waals surface area contributed by atoms with Crippen molar-refractivity contribution in [1.29, 1.82) is 0 Å². The summed E-state index contributed by atoms with van der Waals surface area (Å²) in [6.07, 6.45) is 10.7. The number of hydrogen-bond acceptors (Lipinski definition) is 4. The van der Waals surface area contributed by atoms with Gasteiger partial charge in [-0.15, -0.1) is 5.75 Å². The van der Waals surface area contributed by atoms with E-state index in [2.05, 4.69) is 6.92 Å². The summed E-state index contributed by atoms with van der Waals surface area (Å²) in [5, 5.41) is 12.1. The Kier molecular flexibility index (Phi) is 12.7. The average molecular weight is 443 g/mol. The molecule has 0 saturated carbocycles. The van der Waals surface area contributed by atoms with E-state index < -0.39 is 10.1 Å². The molecule has 0 amide bonds. The van der Waals surface area contributed by atoms with E-state index in [1.54, 1.807) is 30.3 Å². The molecule has 160 valence electrons. The Morgan fingerprint density at radius 2 is 1.47 bits per heavy atom. The van der Waals surface area contributed by atoms with Gasteiger partial charge in [0.25, 0.3) is 10.1 Å². The molecule has 5 nitrogen and oxygen atoms in total. The van der Waals surface area contributed by atoms with Crippen LogP contribution in [0.25, 0.3) is 0 Å². The van der Waals surface area contributed by atoms with Crippen LogP contribution >= 0.6 is 0 Å². The number of benzene rings is 2. The molecule has 0 radical (unpaired) electrons. The molecule has 0 unspecified atom stereocenters. The molecule has 0 heterocycles. The van der Waals surface area contributed by atoms with Crippen LogP contribution in [0.3, 0.4) is 0 Å². The van der Waals surface area contributed by atoms with Gasteiger partial charge in [0.2, 0.25) is 0 Å². The van der Waals surface area contributed by atoms with E-state index in [0.29, 0.717) is 17.7 Å². The van der Waals surface area contributed by atoms with Crippen molar-refractivity contribution in [2.45, 2.75) is 76.0 Å². The number of para-hydroxylation sites is 1. The summed E-state index contributed by atoms with van der Waals surface area (Å²) in [7, 11) is -4.53. The zero-order chi connectivity index (χ0) is 21.1. The SMILES string of the molecule is CCCCCCCCCCCc1cc([O-])cc(Oc2ccccc2)c1S(=O)(=O)O.[Na+]. The molecule has 0 aliphatic carbocycles. The Hall–Kier alpha value is -1.05. The van der Waals surface area contributed by atoms with Crippen LogP contribution in [0, 0.1) is 0 Å². The summed E-state index contributed by atoms with van der Waals surface area (Å²) in [4.78, 5) is -0.305. The van der Waals surface area contributed by atoms with Gasteiger partial charge in [0, 0.05) is 0 Å². The molecule has 0 aliphatic rings. The fourth-order valence-electron chi connectivity index (χ4n) is 3.43. The molecule has 7 heteroatoms. The zero-order valence-electron chi connectivity index (χ0n) is 18.1. The largest absolute Gasteiger partial charge is 1.00 e. The first-order valence-electron chi connectivity index (χ1n) is 10.5. The second kappa shape index (κ2) is 14.1. The molecule has 0 atom stereocenters. The number of ether oxygens (including phenoxy) is 1. The van der Waals surface area contributed by atoms with E-state index in [-0.39, 0.29) is 46.0 Å². The third-order valence-corrected chi connectivity index (χ3v) is 5.86. The van der Waals surface area contributed by atoms with E-state index in [9.17, 15) is 18.1 Å². The molecule has 0 spiro atoms. The van der Waals surface area contributed by atoms with Crippen molar-refractivity contribution >= 4 is 10.1 Å². The quantitative estimate of drug-likeness (QED) is 0.293. The van der Waals surface area contributed by atoms with Gasteiger partial charge in [-0.05, 0) is 36.6 Å². The molecule has 30 heavy (non-hydrogen) atoms. The van der Waals surface area contributed by atoms with Crippen molar-refractivity contribution in [2.24, 2.45) is 0 Å². The molecular weight excluding hydrogens is 411 g/mol. The minimum absolute atomic E-state index is 0. The van der Waals surface area contributed by atoms with Gasteiger partial charge >= 0.3 is 29.6 Å². The van der Waals surface area contributed by atoms with Crippen molar-refractivity contribution < 1.29 is 52.4 Å². The van der Waals surface area contributed by atoms with Crippen molar-refractivity contribution in [1.82, 2.24) is 0 Å². The van der Waals surface area contributed by atoms with Gasteiger partial charge in [-0.2, -0.15) is 8.42 Å². The molecule has 0 fully saturated rings. The Morgan fingerprint density at radius 1 is 0.900 bits per heavy atom. The second-order valence-corrected chi connectivity index (χ2v) is 8.74. The van der Waals surface area contributed by atoms with E-state index in [1.165, 1.54) is 44.6 Å². The van der Waals surface area contributed by atoms with Crippen LogP contribution in [-0.2, 0) is 16.5 Å². The van der Waals surface area contributed by atoms with Gasteiger partial charge in [-0.3, -0.25) is 4.55 Å². The fourth-order valence-corrected chi connectivity index (χ4v) is 4.27. The Morgan fingerprint density at radius 3 is 2.03 bits per heavy atom. The van der Waals surface area contributed by atoms with Crippen molar-refractivity contribution in [3.05, 3.63) is 48.0 Å². The Balaban J connectivity index is 0.00000450. The van der Waals surface area contributed by atoms with Gasteiger partial charge in [-0.1, -0.05) is 82.6 Å². The molecule has 2 aromatic rings. The van der Waals surface area contributed by atoms with E-state index >= 15 is 0 Å². The molecule has 0 saturated heterocycles. The number of unbranched alkanes of at least 4 members (excludes halogenated alkanes) is 8. The first kappa shape index (κ1) is 27.0. The van der Waals surface area contributed by atoms with Gasteiger partial charge in [0.15, 0.2) is 0 Å². The van der Waals surface area contributed by atoms with Crippen molar-refractivity contribution in [2.75, 3.05) is 0 Å². The molecular formula is C23H31NaO5S. The van der Waals surface area contributed by atoms with Crippen LogP contribution in [0.5, 0.6) is 17.2 Å². The maximum atomic E-state index is 12.1. The third kappa shape index (κ3) is 9.40. The summed E-state index contributed by atoms with van der Waals surface area (Å²) in [6.45, 7) is 2.20. The van der Waals surface area contributed by atoms with E-state index in [4.69, 9.17) is 4.74 Å². The van der Waals surface area contributed by atoms with Gasteiger partial charge < -0.3 is 9.84 Å². The van der Waals surface area contributed by atoms with E-state index in [0.717, 1.165) is 25.3 Å². The summed E-state index contributed by atoms with van der Waals surface area (Å²) in [5.41, 5.74) is 0.314. The predicted octanol–water partition coefficient (Wildman–Crippen LogP) is 2.88. The van der Waals surface area contributed by atoms with Crippen LogP contribution in [0.15, 0.2) is 47.4 Å². The standard InChI is InChI=1S/C23H32O5S.Na/c1-2-3-4-5-6-7-8-9-11-14-19-17-20(24)18-22(23(19)29(25,26)27)28-21-15-12-10-13-16-21;/h10,12-13,15-18,24H,2-9,11,14H2,1H3,(H,25,26,27);/q;+1/p-1. The molecule has 1 N–H and O–H groups in total. The monoisotopic (exact) mass is 442 g/mol. The smallest absolute Gasteiger partial charge is 0.872 e. The minimum atomic E-state index is -4.53. The third-order valence-electron chi connectivity index (χ3n) is 4.88. The topological polar surface area (TPSA) is 86.7 Å². The minimum Gasteiger partial charge on any atom is -0.872 e. The molecule has 2 aromatic carbocycles. The molecule has 2 rings (SSSR count). The average Bonchev–Trinajstić information content (AvgIpc) is 2.66. The van der Waals surface area contributed by atoms with Crippen LogP contribution in [0.2, 0.25) is 0 Å². The summed E-state index contributed by atoms with van der Waals surface area (Å²) in [5.74, 6) is -0.0663. The zero-order valence-corrected chi connectivity index (χ0v) is 20.9. The molecule has 0 bridgehead atoms. The summed E-state index contributed by atoms with van der Waals surface area (Å²) >= 11 is 0. The van der Waals surface area contributed by atoms with E-state index in [1.807, 2.05) is 0 Å². The first-order chi connectivity index (χ1) is 13.9. The van der Waals surface area contributed by atoms with Gasteiger partial charge in [-0.25, -0.2) is 0 Å². The van der Waals surface area contributed by atoms with Gasteiger partial charge in [0.05, 0.1) is 0 Å².